The van der Waals surface area contributed by atoms with Crippen molar-refractivity contribution < 1.29 is 9.53 Å². The molecule has 1 aliphatic heterocycles. The Hall–Kier alpha value is -3.28. The van der Waals surface area contributed by atoms with Gasteiger partial charge in [0.05, 0.1) is 29.9 Å². The van der Waals surface area contributed by atoms with Gasteiger partial charge in [-0.3, -0.25) is 14.8 Å². The first-order valence-corrected chi connectivity index (χ1v) is 8.38. The minimum atomic E-state index is -0.153. The number of carbonyl (C=O) groups is 1. The standard InChI is InChI=1S/C20H18N4O2/c1-13(25)24-20(15-6-7-17-19(11-15)22-9-8-21-17)12-18(23-24)14-4-3-5-16(10-14)26-2/h3-11,20H,12H2,1-2H3/t20-/m1/s1. The fourth-order valence-electron chi connectivity index (χ4n) is 3.22. The average Bonchev–Trinajstić information content (AvgIpc) is 3.13. The van der Waals surface area contributed by atoms with E-state index in [0.717, 1.165) is 33.6 Å². The van der Waals surface area contributed by atoms with Crippen LogP contribution in [0.1, 0.15) is 30.5 Å². The molecule has 0 saturated carbocycles. The Morgan fingerprint density at radius 1 is 1.12 bits per heavy atom. The predicted octanol–water partition coefficient (Wildman–Crippen LogP) is 3.34. The summed E-state index contributed by atoms with van der Waals surface area (Å²) < 4.78 is 5.30. The van der Waals surface area contributed by atoms with Crippen LogP contribution in [0, 0.1) is 0 Å². The van der Waals surface area contributed by atoms with Gasteiger partial charge in [-0.05, 0) is 29.8 Å². The fraction of sp³-hybridized carbons (Fsp3) is 0.200. The number of aromatic nitrogens is 2. The van der Waals surface area contributed by atoms with Gasteiger partial charge in [-0.25, -0.2) is 5.01 Å². The maximum absolute atomic E-state index is 12.2. The number of rotatable bonds is 3. The highest BCUT2D eigenvalue weighted by Crippen LogP contribution is 2.34. The first-order valence-electron chi connectivity index (χ1n) is 8.38. The highest BCUT2D eigenvalue weighted by molar-refractivity contribution is 6.03. The number of benzene rings is 2. The molecule has 0 radical (unpaired) electrons. The van der Waals surface area contributed by atoms with Crippen LogP contribution < -0.4 is 4.74 Å². The van der Waals surface area contributed by atoms with E-state index in [0.29, 0.717) is 6.42 Å². The van der Waals surface area contributed by atoms with E-state index < -0.39 is 0 Å². The molecule has 1 amide bonds. The monoisotopic (exact) mass is 346 g/mol. The van der Waals surface area contributed by atoms with Crippen molar-refractivity contribution in [2.45, 2.75) is 19.4 Å². The highest BCUT2D eigenvalue weighted by Gasteiger charge is 2.31. The maximum Gasteiger partial charge on any atom is 0.240 e. The average molecular weight is 346 g/mol. The lowest BCUT2D eigenvalue weighted by Crippen LogP contribution is -2.24. The third-order valence-corrected chi connectivity index (χ3v) is 4.51. The van der Waals surface area contributed by atoms with E-state index in [9.17, 15) is 4.79 Å². The van der Waals surface area contributed by atoms with Crippen molar-refractivity contribution in [1.29, 1.82) is 0 Å². The van der Waals surface area contributed by atoms with Crippen molar-refractivity contribution >= 4 is 22.7 Å². The summed E-state index contributed by atoms with van der Waals surface area (Å²) in [6.07, 6.45) is 3.98. The molecule has 1 aliphatic rings. The zero-order valence-corrected chi connectivity index (χ0v) is 14.6. The summed E-state index contributed by atoms with van der Waals surface area (Å²) in [7, 11) is 1.64. The molecule has 0 aliphatic carbocycles. The van der Waals surface area contributed by atoms with Gasteiger partial charge < -0.3 is 4.74 Å². The summed E-state index contributed by atoms with van der Waals surface area (Å²) in [5, 5.41) is 6.13. The summed E-state index contributed by atoms with van der Waals surface area (Å²) in [6, 6.07) is 13.5. The van der Waals surface area contributed by atoms with Gasteiger partial charge in [-0.1, -0.05) is 18.2 Å². The van der Waals surface area contributed by atoms with Gasteiger partial charge in [0.1, 0.15) is 5.75 Å². The Kier molecular flexibility index (Phi) is 4.08. The fourth-order valence-corrected chi connectivity index (χ4v) is 3.22. The number of carbonyl (C=O) groups excluding carboxylic acids is 1. The quantitative estimate of drug-likeness (QED) is 0.729. The molecule has 0 N–H and O–H groups in total. The number of hydrogen-bond donors (Lipinski definition) is 0. The van der Waals surface area contributed by atoms with E-state index in [4.69, 9.17) is 4.74 Å². The lowest BCUT2D eigenvalue weighted by atomic mass is 9.98. The lowest BCUT2D eigenvalue weighted by molar-refractivity contribution is -0.130. The molecule has 3 aromatic rings. The van der Waals surface area contributed by atoms with Gasteiger partial charge in [-0.2, -0.15) is 5.10 Å². The molecule has 2 heterocycles. The summed E-state index contributed by atoms with van der Waals surface area (Å²) in [4.78, 5) is 20.8. The van der Waals surface area contributed by atoms with Crippen LogP contribution in [0.5, 0.6) is 5.75 Å². The van der Waals surface area contributed by atoms with Crippen LogP contribution in [0.25, 0.3) is 11.0 Å². The maximum atomic E-state index is 12.2. The van der Waals surface area contributed by atoms with Crippen molar-refractivity contribution in [1.82, 2.24) is 15.0 Å². The van der Waals surface area contributed by atoms with Crippen LogP contribution in [-0.4, -0.2) is 33.7 Å². The number of methoxy groups -OCH3 is 1. The number of hydrogen-bond acceptors (Lipinski definition) is 5. The van der Waals surface area contributed by atoms with E-state index in [-0.39, 0.29) is 11.9 Å². The molecular formula is C20H18N4O2. The van der Waals surface area contributed by atoms with Crippen LogP contribution in [0.2, 0.25) is 0 Å². The molecule has 2 aromatic carbocycles. The van der Waals surface area contributed by atoms with Crippen LogP contribution >= 0.6 is 0 Å². The normalized spacial score (nSPS) is 16.6. The van der Waals surface area contributed by atoms with Crippen molar-refractivity contribution in [3.63, 3.8) is 0 Å². The number of amides is 1. The van der Waals surface area contributed by atoms with Crippen molar-refractivity contribution in [2.24, 2.45) is 5.10 Å². The molecular weight excluding hydrogens is 328 g/mol. The van der Waals surface area contributed by atoms with Gasteiger partial charge in [0.2, 0.25) is 5.91 Å². The van der Waals surface area contributed by atoms with E-state index in [1.54, 1.807) is 24.5 Å². The molecule has 0 fully saturated rings. The van der Waals surface area contributed by atoms with Crippen LogP contribution in [0.3, 0.4) is 0 Å². The first-order chi connectivity index (χ1) is 12.7. The Balaban J connectivity index is 1.71. The zero-order chi connectivity index (χ0) is 18.1. The SMILES string of the molecule is COc1cccc(C2=NN(C(C)=O)[C@@H](c3ccc4nccnc4c3)C2)c1. The van der Waals surface area contributed by atoms with Crippen molar-refractivity contribution in [2.75, 3.05) is 7.11 Å². The second-order valence-electron chi connectivity index (χ2n) is 6.17. The molecule has 6 nitrogen and oxygen atoms in total. The second kappa shape index (κ2) is 6.55. The summed E-state index contributed by atoms with van der Waals surface area (Å²) in [5.41, 5.74) is 4.46. The first kappa shape index (κ1) is 16.2. The Labute approximate surface area is 151 Å². The van der Waals surface area contributed by atoms with Crippen molar-refractivity contribution in [3.05, 3.63) is 66.0 Å². The number of fused-ring (bicyclic) bond motifs is 1. The van der Waals surface area contributed by atoms with Crippen LogP contribution in [0.15, 0.2) is 60.0 Å². The Morgan fingerprint density at radius 3 is 2.69 bits per heavy atom. The molecule has 1 aromatic heterocycles. The van der Waals surface area contributed by atoms with Gasteiger partial charge in [0.15, 0.2) is 0 Å². The van der Waals surface area contributed by atoms with Gasteiger partial charge in [0.25, 0.3) is 0 Å². The number of hydrazone groups is 1. The molecule has 130 valence electrons. The number of ether oxygens (including phenoxy) is 1. The predicted molar refractivity (Wildman–Crippen MR) is 98.9 cm³/mol. The topological polar surface area (TPSA) is 67.7 Å². The van der Waals surface area contributed by atoms with Crippen LogP contribution in [0.4, 0.5) is 0 Å². The van der Waals surface area contributed by atoms with Gasteiger partial charge in [-0.15, -0.1) is 0 Å². The summed E-state index contributed by atoms with van der Waals surface area (Å²) in [6.45, 7) is 1.53. The van der Waals surface area contributed by atoms with E-state index in [1.807, 2.05) is 42.5 Å². The third-order valence-electron chi connectivity index (χ3n) is 4.51. The van der Waals surface area contributed by atoms with Crippen LogP contribution in [-0.2, 0) is 4.79 Å². The van der Waals surface area contributed by atoms with Gasteiger partial charge >= 0.3 is 0 Å². The largest absolute Gasteiger partial charge is 0.497 e. The molecule has 0 bridgehead atoms. The summed E-state index contributed by atoms with van der Waals surface area (Å²) in [5.74, 6) is 0.677. The second-order valence-corrected chi connectivity index (χ2v) is 6.17. The highest BCUT2D eigenvalue weighted by atomic mass is 16.5. The molecule has 6 heteroatoms. The van der Waals surface area contributed by atoms with E-state index in [2.05, 4.69) is 15.1 Å². The van der Waals surface area contributed by atoms with E-state index >= 15 is 0 Å². The Morgan fingerprint density at radius 2 is 1.92 bits per heavy atom. The van der Waals surface area contributed by atoms with Crippen molar-refractivity contribution in [3.8, 4) is 5.75 Å². The molecule has 0 unspecified atom stereocenters. The Bertz CT molecular complexity index is 1020. The molecule has 4 rings (SSSR count). The minimum Gasteiger partial charge on any atom is -0.497 e. The number of nitrogens with zero attached hydrogens (tertiary/aromatic N) is 4. The molecule has 0 saturated heterocycles. The summed E-state index contributed by atoms with van der Waals surface area (Å²) >= 11 is 0. The lowest BCUT2D eigenvalue weighted by Gasteiger charge is -2.20. The molecule has 1 atom stereocenters. The smallest absolute Gasteiger partial charge is 0.240 e. The van der Waals surface area contributed by atoms with Gasteiger partial charge in [0, 0.05) is 31.3 Å². The third kappa shape index (κ3) is 2.90. The zero-order valence-electron chi connectivity index (χ0n) is 14.6. The molecule has 26 heavy (non-hydrogen) atoms. The molecule has 0 spiro atoms. The minimum absolute atomic E-state index is 0.0906. The van der Waals surface area contributed by atoms with E-state index in [1.165, 1.54) is 6.92 Å².